The number of anilines is 1. The van der Waals surface area contributed by atoms with E-state index in [0.29, 0.717) is 0 Å². The smallest absolute Gasteiger partial charge is 0.128 e. The maximum absolute atomic E-state index is 4.50. The Labute approximate surface area is 117 Å². The Morgan fingerprint density at radius 3 is 2.79 bits per heavy atom. The Balaban J connectivity index is 1.89. The normalized spacial score (nSPS) is 17.8. The van der Waals surface area contributed by atoms with Gasteiger partial charge in [0, 0.05) is 38.9 Å². The number of hydrogen-bond donors (Lipinski definition) is 0. The summed E-state index contributed by atoms with van der Waals surface area (Å²) in [5.41, 5.74) is 1.29. The molecule has 4 heteroatoms. The zero-order chi connectivity index (χ0) is 13.7. The highest BCUT2D eigenvalue weighted by molar-refractivity contribution is 5.40. The van der Waals surface area contributed by atoms with Crippen LogP contribution in [0.25, 0.3) is 0 Å². The van der Waals surface area contributed by atoms with Crippen LogP contribution in [-0.4, -0.2) is 68.1 Å². The summed E-state index contributed by atoms with van der Waals surface area (Å²) >= 11 is 0. The minimum Gasteiger partial charge on any atom is -0.355 e. The van der Waals surface area contributed by atoms with Crippen molar-refractivity contribution in [3.63, 3.8) is 0 Å². The fourth-order valence-corrected chi connectivity index (χ4v) is 2.46. The molecule has 1 aromatic rings. The molecule has 19 heavy (non-hydrogen) atoms. The van der Waals surface area contributed by atoms with Gasteiger partial charge in [-0.3, -0.25) is 0 Å². The van der Waals surface area contributed by atoms with E-state index in [1.165, 1.54) is 25.1 Å². The van der Waals surface area contributed by atoms with Gasteiger partial charge >= 0.3 is 0 Å². The number of rotatable bonds is 4. The van der Waals surface area contributed by atoms with Gasteiger partial charge in [-0.15, -0.1) is 0 Å². The van der Waals surface area contributed by atoms with Crippen LogP contribution in [0.5, 0.6) is 0 Å². The molecule has 106 valence electrons. The highest BCUT2D eigenvalue weighted by atomic mass is 15.3. The Morgan fingerprint density at radius 1 is 1.21 bits per heavy atom. The molecule has 0 N–H and O–H groups in total. The van der Waals surface area contributed by atoms with E-state index in [0.717, 1.165) is 32.0 Å². The Hall–Kier alpha value is -1.13. The standard InChI is InChI=1S/C15H26N4/c1-14-5-6-16-15(13-14)19-8-4-7-18(11-12-19)10-9-17(2)3/h5-6,13H,4,7-12H2,1-3H3. The summed E-state index contributed by atoms with van der Waals surface area (Å²) in [6.45, 7) is 9.00. The summed E-state index contributed by atoms with van der Waals surface area (Å²) in [6, 6.07) is 4.25. The molecule has 0 unspecified atom stereocenters. The number of nitrogens with zero attached hydrogens (tertiary/aromatic N) is 4. The van der Waals surface area contributed by atoms with E-state index in [9.17, 15) is 0 Å². The molecule has 1 saturated heterocycles. The van der Waals surface area contributed by atoms with Gasteiger partial charge in [-0.1, -0.05) is 0 Å². The van der Waals surface area contributed by atoms with Crippen LogP contribution in [0, 0.1) is 6.92 Å². The van der Waals surface area contributed by atoms with Gasteiger partial charge in [-0.25, -0.2) is 4.98 Å². The second-order valence-corrected chi connectivity index (χ2v) is 5.68. The molecule has 1 aliphatic rings. The van der Waals surface area contributed by atoms with Crippen molar-refractivity contribution in [3.8, 4) is 0 Å². The monoisotopic (exact) mass is 262 g/mol. The molecule has 0 aromatic carbocycles. The van der Waals surface area contributed by atoms with E-state index in [4.69, 9.17) is 0 Å². The van der Waals surface area contributed by atoms with Gasteiger partial charge in [0.15, 0.2) is 0 Å². The second-order valence-electron chi connectivity index (χ2n) is 5.68. The molecule has 4 nitrogen and oxygen atoms in total. The zero-order valence-corrected chi connectivity index (χ0v) is 12.5. The number of hydrogen-bond acceptors (Lipinski definition) is 4. The predicted molar refractivity (Wildman–Crippen MR) is 80.8 cm³/mol. The summed E-state index contributed by atoms with van der Waals surface area (Å²) in [5, 5.41) is 0. The van der Waals surface area contributed by atoms with E-state index < -0.39 is 0 Å². The van der Waals surface area contributed by atoms with Crippen molar-refractivity contribution in [2.75, 3.05) is 58.3 Å². The largest absolute Gasteiger partial charge is 0.355 e. The van der Waals surface area contributed by atoms with E-state index in [-0.39, 0.29) is 0 Å². The van der Waals surface area contributed by atoms with Crippen LogP contribution in [0.4, 0.5) is 5.82 Å². The van der Waals surface area contributed by atoms with Crippen molar-refractivity contribution in [3.05, 3.63) is 23.9 Å². The van der Waals surface area contributed by atoms with Crippen LogP contribution in [0.3, 0.4) is 0 Å². The topological polar surface area (TPSA) is 22.6 Å². The minimum absolute atomic E-state index is 1.09. The SMILES string of the molecule is Cc1ccnc(N2CCCN(CCN(C)C)CC2)c1. The van der Waals surface area contributed by atoms with E-state index in [1.54, 1.807) is 0 Å². The minimum atomic E-state index is 1.09. The second kappa shape index (κ2) is 6.87. The first-order valence-corrected chi connectivity index (χ1v) is 7.20. The lowest BCUT2D eigenvalue weighted by atomic mass is 10.3. The highest BCUT2D eigenvalue weighted by Gasteiger charge is 2.15. The van der Waals surface area contributed by atoms with E-state index >= 15 is 0 Å². The van der Waals surface area contributed by atoms with Crippen molar-refractivity contribution < 1.29 is 0 Å². The lowest BCUT2D eigenvalue weighted by Gasteiger charge is -2.23. The third-order valence-electron chi connectivity index (χ3n) is 3.68. The number of likely N-dealkylation sites (N-methyl/N-ethyl adjacent to an activating group) is 1. The molecule has 0 bridgehead atoms. The van der Waals surface area contributed by atoms with Crippen molar-refractivity contribution in [1.82, 2.24) is 14.8 Å². The van der Waals surface area contributed by atoms with E-state index in [1.807, 2.05) is 6.20 Å². The van der Waals surface area contributed by atoms with E-state index in [2.05, 4.69) is 52.8 Å². The Morgan fingerprint density at radius 2 is 2.05 bits per heavy atom. The van der Waals surface area contributed by atoms with Gasteiger partial charge in [-0.05, 0) is 51.7 Å². The Kier molecular flexibility index (Phi) is 5.16. The highest BCUT2D eigenvalue weighted by Crippen LogP contribution is 2.14. The first-order valence-electron chi connectivity index (χ1n) is 7.20. The molecule has 2 rings (SSSR count). The zero-order valence-electron chi connectivity index (χ0n) is 12.5. The number of aryl methyl sites for hydroxylation is 1. The third-order valence-corrected chi connectivity index (χ3v) is 3.68. The van der Waals surface area contributed by atoms with Crippen molar-refractivity contribution in [1.29, 1.82) is 0 Å². The van der Waals surface area contributed by atoms with Crippen molar-refractivity contribution in [2.24, 2.45) is 0 Å². The predicted octanol–water partition coefficient (Wildman–Crippen LogP) is 1.46. The van der Waals surface area contributed by atoms with Gasteiger partial charge in [0.1, 0.15) is 5.82 Å². The molecule has 2 heterocycles. The molecule has 1 aromatic heterocycles. The first-order chi connectivity index (χ1) is 9.15. The lowest BCUT2D eigenvalue weighted by molar-refractivity contribution is 0.254. The number of pyridine rings is 1. The van der Waals surface area contributed by atoms with Crippen LogP contribution < -0.4 is 4.90 Å². The van der Waals surface area contributed by atoms with Gasteiger partial charge in [0.05, 0.1) is 0 Å². The fraction of sp³-hybridized carbons (Fsp3) is 0.667. The molecular formula is C15H26N4. The number of aromatic nitrogens is 1. The summed E-state index contributed by atoms with van der Waals surface area (Å²) in [7, 11) is 4.28. The lowest BCUT2D eigenvalue weighted by Crippen LogP contribution is -2.35. The molecule has 1 fully saturated rings. The molecule has 0 spiro atoms. The van der Waals surface area contributed by atoms with Crippen LogP contribution in [-0.2, 0) is 0 Å². The summed E-state index contributed by atoms with van der Waals surface area (Å²) in [6.07, 6.45) is 3.14. The van der Waals surface area contributed by atoms with Gasteiger partial charge < -0.3 is 14.7 Å². The average molecular weight is 262 g/mol. The van der Waals surface area contributed by atoms with Crippen molar-refractivity contribution in [2.45, 2.75) is 13.3 Å². The van der Waals surface area contributed by atoms with Gasteiger partial charge in [-0.2, -0.15) is 0 Å². The van der Waals surface area contributed by atoms with Crippen LogP contribution in [0.1, 0.15) is 12.0 Å². The first kappa shape index (κ1) is 14.3. The van der Waals surface area contributed by atoms with Crippen molar-refractivity contribution >= 4 is 5.82 Å². The maximum Gasteiger partial charge on any atom is 0.128 e. The summed E-state index contributed by atoms with van der Waals surface area (Å²) in [5.74, 6) is 1.13. The average Bonchev–Trinajstić information content (AvgIpc) is 2.62. The fourth-order valence-electron chi connectivity index (χ4n) is 2.46. The molecule has 0 aliphatic carbocycles. The van der Waals surface area contributed by atoms with Gasteiger partial charge in [0.25, 0.3) is 0 Å². The molecule has 0 radical (unpaired) electrons. The summed E-state index contributed by atoms with van der Waals surface area (Å²) in [4.78, 5) is 11.7. The van der Waals surface area contributed by atoms with Crippen LogP contribution in [0.2, 0.25) is 0 Å². The van der Waals surface area contributed by atoms with Crippen LogP contribution >= 0.6 is 0 Å². The third kappa shape index (κ3) is 4.48. The molecule has 0 atom stereocenters. The van der Waals surface area contributed by atoms with Gasteiger partial charge in [0.2, 0.25) is 0 Å². The Bertz CT molecular complexity index is 391. The molecule has 0 amide bonds. The summed E-state index contributed by atoms with van der Waals surface area (Å²) < 4.78 is 0. The molecule has 1 aliphatic heterocycles. The quantitative estimate of drug-likeness (QED) is 0.819. The molecular weight excluding hydrogens is 236 g/mol. The van der Waals surface area contributed by atoms with Crippen LogP contribution in [0.15, 0.2) is 18.3 Å². The molecule has 0 saturated carbocycles. The maximum atomic E-state index is 4.50.